The molecule has 14 heavy (non-hydrogen) atoms. The monoisotopic (exact) mass is 196 g/mol. The van der Waals surface area contributed by atoms with Gasteiger partial charge in [0.05, 0.1) is 18.1 Å². The van der Waals surface area contributed by atoms with Crippen molar-refractivity contribution in [2.24, 2.45) is 5.92 Å². The fourth-order valence-corrected chi connectivity index (χ4v) is 1.88. The molecule has 2 rings (SSSR count). The van der Waals surface area contributed by atoms with E-state index in [-0.39, 0.29) is 24.1 Å². The molecule has 3 nitrogen and oxygen atoms in total. The van der Waals surface area contributed by atoms with Gasteiger partial charge in [0.25, 0.3) is 0 Å². The molecular formula is C11H16O3. The van der Waals surface area contributed by atoms with E-state index in [1.165, 1.54) is 0 Å². The highest BCUT2D eigenvalue weighted by Gasteiger charge is 2.42. The molecule has 2 heterocycles. The Morgan fingerprint density at radius 1 is 1.43 bits per heavy atom. The first kappa shape index (κ1) is 9.71. The van der Waals surface area contributed by atoms with Crippen LogP contribution in [0.5, 0.6) is 0 Å². The van der Waals surface area contributed by atoms with Crippen LogP contribution in [-0.4, -0.2) is 23.8 Å². The van der Waals surface area contributed by atoms with E-state index >= 15 is 0 Å². The summed E-state index contributed by atoms with van der Waals surface area (Å²) in [6.45, 7) is 5.65. The molecule has 2 bridgehead atoms. The first-order chi connectivity index (χ1) is 6.46. The maximum atomic E-state index is 11.7. The number of fused-ring (bicyclic) bond motifs is 2. The second-order valence-electron chi connectivity index (χ2n) is 4.90. The lowest BCUT2D eigenvalue weighted by Gasteiger charge is -2.23. The van der Waals surface area contributed by atoms with Crippen LogP contribution in [0.3, 0.4) is 0 Å². The number of carbonyl (C=O) groups excluding carboxylic acids is 1. The van der Waals surface area contributed by atoms with Crippen molar-refractivity contribution in [1.82, 2.24) is 0 Å². The van der Waals surface area contributed by atoms with Crippen molar-refractivity contribution in [1.29, 1.82) is 0 Å². The van der Waals surface area contributed by atoms with Crippen LogP contribution >= 0.6 is 0 Å². The number of hydrogen-bond donors (Lipinski definition) is 0. The fourth-order valence-electron chi connectivity index (χ4n) is 1.88. The maximum absolute atomic E-state index is 11.7. The summed E-state index contributed by atoms with van der Waals surface area (Å²) in [7, 11) is 0. The fraction of sp³-hybridized carbons (Fsp3) is 0.727. The van der Waals surface area contributed by atoms with Gasteiger partial charge in [0, 0.05) is 0 Å². The van der Waals surface area contributed by atoms with E-state index in [0.29, 0.717) is 0 Å². The predicted molar refractivity (Wildman–Crippen MR) is 51.8 cm³/mol. The van der Waals surface area contributed by atoms with Crippen LogP contribution in [0.25, 0.3) is 0 Å². The van der Waals surface area contributed by atoms with Crippen molar-refractivity contribution < 1.29 is 14.3 Å². The third kappa shape index (κ3) is 1.82. The van der Waals surface area contributed by atoms with Gasteiger partial charge in [-0.05, 0) is 27.2 Å². The lowest BCUT2D eigenvalue weighted by atomic mass is 9.94. The average molecular weight is 196 g/mol. The first-order valence-electron chi connectivity index (χ1n) is 5.02. The maximum Gasteiger partial charge on any atom is 0.312 e. The van der Waals surface area contributed by atoms with Gasteiger partial charge in [-0.1, -0.05) is 12.2 Å². The minimum atomic E-state index is -0.400. The smallest absolute Gasteiger partial charge is 0.312 e. The van der Waals surface area contributed by atoms with E-state index in [9.17, 15) is 4.79 Å². The Morgan fingerprint density at radius 2 is 2.14 bits per heavy atom. The van der Waals surface area contributed by atoms with Gasteiger partial charge in [-0.25, -0.2) is 0 Å². The van der Waals surface area contributed by atoms with Gasteiger partial charge < -0.3 is 9.47 Å². The minimum absolute atomic E-state index is 0.0464. The normalized spacial score (nSPS) is 34.9. The first-order valence-corrected chi connectivity index (χ1v) is 5.02. The Kier molecular flexibility index (Phi) is 2.14. The molecule has 0 unspecified atom stereocenters. The van der Waals surface area contributed by atoms with Gasteiger partial charge in [0.15, 0.2) is 0 Å². The Morgan fingerprint density at radius 3 is 2.57 bits per heavy atom. The molecule has 3 heteroatoms. The summed E-state index contributed by atoms with van der Waals surface area (Å²) in [4.78, 5) is 11.7. The standard InChI is InChI=1S/C11H16O3/c1-11(2,3)14-10(12)8-6-7-4-5-9(8)13-7/h4-5,7-9H,6H2,1-3H3/t7-,8-,9+/m1/s1. The van der Waals surface area contributed by atoms with E-state index in [0.717, 1.165) is 6.42 Å². The Hall–Kier alpha value is -0.830. The average Bonchev–Trinajstić information content (AvgIpc) is 2.59. The molecule has 3 atom stereocenters. The summed E-state index contributed by atoms with van der Waals surface area (Å²) in [5, 5.41) is 0. The van der Waals surface area contributed by atoms with E-state index in [1.807, 2.05) is 32.9 Å². The molecule has 78 valence electrons. The van der Waals surface area contributed by atoms with Crippen LogP contribution < -0.4 is 0 Å². The molecule has 0 aromatic heterocycles. The molecular weight excluding hydrogens is 180 g/mol. The largest absolute Gasteiger partial charge is 0.460 e. The second-order valence-corrected chi connectivity index (χ2v) is 4.90. The predicted octanol–water partition coefficient (Wildman–Crippen LogP) is 1.67. The molecule has 0 radical (unpaired) electrons. The van der Waals surface area contributed by atoms with Gasteiger partial charge in [-0.3, -0.25) is 4.79 Å². The van der Waals surface area contributed by atoms with E-state index in [2.05, 4.69) is 0 Å². The summed E-state index contributed by atoms with van der Waals surface area (Å²) in [5.41, 5.74) is -0.400. The Balaban J connectivity index is 1.97. The van der Waals surface area contributed by atoms with Gasteiger partial charge in [-0.2, -0.15) is 0 Å². The zero-order valence-corrected chi connectivity index (χ0v) is 8.82. The number of hydrogen-bond acceptors (Lipinski definition) is 3. The molecule has 1 fully saturated rings. The zero-order valence-electron chi connectivity index (χ0n) is 8.82. The van der Waals surface area contributed by atoms with Crippen molar-refractivity contribution in [3.63, 3.8) is 0 Å². The molecule has 2 aliphatic heterocycles. The summed E-state index contributed by atoms with van der Waals surface area (Å²) < 4.78 is 10.8. The molecule has 0 aromatic carbocycles. The molecule has 0 aromatic rings. The molecule has 2 aliphatic rings. The highest BCUT2D eigenvalue weighted by molar-refractivity contribution is 5.74. The van der Waals surface area contributed by atoms with Crippen LogP contribution in [0.1, 0.15) is 27.2 Å². The molecule has 0 saturated carbocycles. The zero-order chi connectivity index (χ0) is 10.3. The molecule has 0 amide bonds. The van der Waals surface area contributed by atoms with Crippen LogP contribution in [0.15, 0.2) is 12.2 Å². The van der Waals surface area contributed by atoms with Gasteiger partial charge in [-0.15, -0.1) is 0 Å². The topological polar surface area (TPSA) is 35.5 Å². The number of esters is 1. The summed E-state index contributed by atoms with van der Waals surface area (Å²) in [6, 6.07) is 0. The quantitative estimate of drug-likeness (QED) is 0.472. The number of rotatable bonds is 1. The summed E-state index contributed by atoms with van der Waals surface area (Å²) in [5.74, 6) is -0.224. The third-order valence-corrected chi connectivity index (χ3v) is 2.44. The third-order valence-electron chi connectivity index (χ3n) is 2.44. The molecule has 0 aliphatic carbocycles. The van der Waals surface area contributed by atoms with Gasteiger partial charge >= 0.3 is 5.97 Å². The van der Waals surface area contributed by atoms with Crippen molar-refractivity contribution in [3.05, 3.63) is 12.2 Å². The highest BCUT2D eigenvalue weighted by atomic mass is 16.6. The van der Waals surface area contributed by atoms with Crippen LogP contribution in [0.2, 0.25) is 0 Å². The van der Waals surface area contributed by atoms with Gasteiger partial charge in [0.1, 0.15) is 5.60 Å². The number of ether oxygens (including phenoxy) is 2. The van der Waals surface area contributed by atoms with Crippen LogP contribution in [0, 0.1) is 5.92 Å². The molecule has 1 saturated heterocycles. The van der Waals surface area contributed by atoms with Crippen LogP contribution in [0.4, 0.5) is 0 Å². The molecule has 0 spiro atoms. The SMILES string of the molecule is CC(C)(C)OC(=O)[C@@H]1C[C@H]2C=C[C@@H]1O2. The van der Waals surface area contributed by atoms with Crippen LogP contribution in [-0.2, 0) is 14.3 Å². The van der Waals surface area contributed by atoms with Crippen molar-refractivity contribution >= 4 is 5.97 Å². The highest BCUT2D eigenvalue weighted by Crippen LogP contribution is 2.35. The minimum Gasteiger partial charge on any atom is -0.460 e. The van der Waals surface area contributed by atoms with Gasteiger partial charge in [0.2, 0.25) is 0 Å². The lowest BCUT2D eigenvalue weighted by Crippen LogP contribution is -2.32. The summed E-state index contributed by atoms with van der Waals surface area (Å²) >= 11 is 0. The lowest BCUT2D eigenvalue weighted by molar-refractivity contribution is -0.160. The van der Waals surface area contributed by atoms with E-state index in [4.69, 9.17) is 9.47 Å². The van der Waals surface area contributed by atoms with E-state index in [1.54, 1.807) is 0 Å². The summed E-state index contributed by atoms with van der Waals surface area (Å²) in [6.07, 6.45) is 4.84. The van der Waals surface area contributed by atoms with Crippen molar-refractivity contribution in [3.8, 4) is 0 Å². The Bertz CT molecular complexity index is 275. The van der Waals surface area contributed by atoms with E-state index < -0.39 is 5.60 Å². The number of carbonyl (C=O) groups is 1. The van der Waals surface area contributed by atoms with Crippen molar-refractivity contribution in [2.45, 2.75) is 45.0 Å². The Labute approximate surface area is 84.1 Å². The second kappa shape index (κ2) is 3.09. The van der Waals surface area contributed by atoms with Crippen molar-refractivity contribution in [2.75, 3.05) is 0 Å². The molecule has 0 N–H and O–H groups in total.